The average molecular weight is 194 g/mol. The first kappa shape index (κ1) is 11.0. The Morgan fingerprint density at radius 2 is 2.07 bits per heavy atom. The molecule has 78 valence electrons. The molecule has 0 spiro atoms. The molecule has 1 aromatic heterocycles. The van der Waals surface area contributed by atoms with Gasteiger partial charge in [-0.2, -0.15) is 0 Å². The lowest BCUT2D eigenvalue weighted by Crippen LogP contribution is -2.23. The summed E-state index contributed by atoms with van der Waals surface area (Å²) in [5.74, 6) is 0. The molecule has 1 aromatic rings. The van der Waals surface area contributed by atoms with E-state index in [0.717, 1.165) is 25.2 Å². The largest absolute Gasteiger partial charge is 0.313 e. The number of nitrogens with zero attached hydrogens (tertiary/aromatic N) is 2. The number of pyridine rings is 1. The van der Waals surface area contributed by atoms with E-state index in [1.54, 1.807) is 12.1 Å². The van der Waals surface area contributed by atoms with Crippen LogP contribution in [0.25, 0.3) is 0 Å². The maximum Gasteiger partial charge on any atom is 0.250 e. The van der Waals surface area contributed by atoms with E-state index in [9.17, 15) is 4.79 Å². The Hall–Kier alpha value is -1.09. The summed E-state index contributed by atoms with van der Waals surface area (Å²) in [7, 11) is 4.08. The number of rotatable bonds is 4. The van der Waals surface area contributed by atoms with Crippen LogP contribution in [-0.2, 0) is 6.54 Å². The zero-order chi connectivity index (χ0) is 10.6. The standard InChI is InChI=1S/C11H18N2O/c1-10-6-4-7-11(14)13(10)9-5-8-12(2)3/h4,6-7H,5,8-9H2,1-3H3. The van der Waals surface area contributed by atoms with Crippen molar-refractivity contribution in [1.82, 2.24) is 9.47 Å². The molecule has 0 atom stereocenters. The molecule has 1 heterocycles. The summed E-state index contributed by atoms with van der Waals surface area (Å²) in [6.07, 6.45) is 1.01. The second-order valence-corrected chi connectivity index (χ2v) is 3.81. The molecule has 0 saturated heterocycles. The quantitative estimate of drug-likeness (QED) is 0.717. The minimum absolute atomic E-state index is 0.101. The smallest absolute Gasteiger partial charge is 0.250 e. The van der Waals surface area contributed by atoms with E-state index >= 15 is 0 Å². The van der Waals surface area contributed by atoms with Crippen LogP contribution in [0.15, 0.2) is 23.0 Å². The van der Waals surface area contributed by atoms with Crippen molar-refractivity contribution in [2.24, 2.45) is 0 Å². The van der Waals surface area contributed by atoms with Crippen molar-refractivity contribution >= 4 is 0 Å². The van der Waals surface area contributed by atoms with Crippen LogP contribution in [-0.4, -0.2) is 30.1 Å². The van der Waals surface area contributed by atoms with Gasteiger partial charge >= 0.3 is 0 Å². The highest BCUT2D eigenvalue weighted by atomic mass is 16.1. The van der Waals surface area contributed by atoms with Gasteiger partial charge in [-0.05, 0) is 40.1 Å². The average Bonchev–Trinajstić information content (AvgIpc) is 2.09. The van der Waals surface area contributed by atoms with Gasteiger partial charge in [-0.3, -0.25) is 4.79 Å². The van der Waals surface area contributed by atoms with Crippen LogP contribution in [0.4, 0.5) is 0 Å². The van der Waals surface area contributed by atoms with Crippen LogP contribution in [0.5, 0.6) is 0 Å². The molecule has 3 heteroatoms. The summed E-state index contributed by atoms with van der Waals surface area (Å²) < 4.78 is 1.82. The summed E-state index contributed by atoms with van der Waals surface area (Å²) >= 11 is 0. The number of aromatic nitrogens is 1. The van der Waals surface area contributed by atoms with Crippen LogP contribution in [0.2, 0.25) is 0 Å². The maximum atomic E-state index is 11.5. The van der Waals surface area contributed by atoms with Crippen LogP contribution in [0.1, 0.15) is 12.1 Å². The molecule has 14 heavy (non-hydrogen) atoms. The zero-order valence-electron chi connectivity index (χ0n) is 9.16. The molecule has 0 radical (unpaired) electrons. The van der Waals surface area contributed by atoms with Gasteiger partial charge in [0.25, 0.3) is 5.56 Å². The molecule has 0 aliphatic heterocycles. The Kier molecular flexibility index (Phi) is 3.89. The van der Waals surface area contributed by atoms with E-state index in [1.165, 1.54) is 0 Å². The van der Waals surface area contributed by atoms with Gasteiger partial charge in [-0.25, -0.2) is 0 Å². The zero-order valence-corrected chi connectivity index (χ0v) is 9.16. The first-order valence-corrected chi connectivity index (χ1v) is 4.92. The van der Waals surface area contributed by atoms with E-state index in [2.05, 4.69) is 4.90 Å². The molecule has 0 saturated carbocycles. The molecular formula is C11H18N2O. The lowest BCUT2D eigenvalue weighted by Gasteiger charge is -2.12. The normalized spacial score (nSPS) is 10.9. The number of hydrogen-bond acceptors (Lipinski definition) is 2. The Morgan fingerprint density at radius 3 is 2.64 bits per heavy atom. The molecule has 0 unspecified atom stereocenters. The summed E-state index contributed by atoms with van der Waals surface area (Å²) in [6, 6.07) is 5.39. The molecule has 0 amide bonds. The van der Waals surface area contributed by atoms with E-state index in [-0.39, 0.29) is 5.56 Å². The van der Waals surface area contributed by atoms with Crippen LogP contribution in [0.3, 0.4) is 0 Å². The number of aryl methyl sites for hydroxylation is 1. The van der Waals surface area contributed by atoms with Crippen LogP contribution >= 0.6 is 0 Å². The van der Waals surface area contributed by atoms with Gasteiger partial charge in [0.05, 0.1) is 0 Å². The van der Waals surface area contributed by atoms with E-state index in [1.807, 2.05) is 31.7 Å². The molecule has 1 rings (SSSR count). The first-order chi connectivity index (χ1) is 6.61. The Balaban J connectivity index is 2.63. The third kappa shape index (κ3) is 3.00. The molecule has 0 aromatic carbocycles. The summed E-state index contributed by atoms with van der Waals surface area (Å²) in [4.78, 5) is 13.6. The third-order valence-electron chi connectivity index (χ3n) is 2.26. The second kappa shape index (κ2) is 4.96. The van der Waals surface area contributed by atoms with Crippen molar-refractivity contribution in [2.75, 3.05) is 20.6 Å². The van der Waals surface area contributed by atoms with Gasteiger partial charge < -0.3 is 9.47 Å². The highest BCUT2D eigenvalue weighted by Gasteiger charge is 1.98. The van der Waals surface area contributed by atoms with Crippen LogP contribution < -0.4 is 5.56 Å². The topological polar surface area (TPSA) is 25.2 Å². The Bertz CT molecular complexity index is 341. The van der Waals surface area contributed by atoms with Crippen molar-refractivity contribution in [3.05, 3.63) is 34.2 Å². The van der Waals surface area contributed by atoms with Crippen molar-refractivity contribution < 1.29 is 0 Å². The first-order valence-electron chi connectivity index (χ1n) is 4.92. The minimum Gasteiger partial charge on any atom is -0.313 e. The molecular weight excluding hydrogens is 176 g/mol. The molecule has 0 aliphatic carbocycles. The van der Waals surface area contributed by atoms with Crippen molar-refractivity contribution in [1.29, 1.82) is 0 Å². The molecule has 0 aliphatic rings. The maximum absolute atomic E-state index is 11.5. The highest BCUT2D eigenvalue weighted by molar-refractivity contribution is 5.04. The molecule has 3 nitrogen and oxygen atoms in total. The third-order valence-corrected chi connectivity index (χ3v) is 2.26. The van der Waals surface area contributed by atoms with Crippen molar-refractivity contribution in [3.63, 3.8) is 0 Å². The Morgan fingerprint density at radius 1 is 1.36 bits per heavy atom. The lowest BCUT2D eigenvalue weighted by molar-refractivity contribution is 0.383. The van der Waals surface area contributed by atoms with Crippen LogP contribution in [0, 0.1) is 6.92 Å². The van der Waals surface area contributed by atoms with Gasteiger partial charge in [0.2, 0.25) is 0 Å². The Labute approximate surface area is 85.0 Å². The predicted octanol–water partition coefficient (Wildman–Crippen LogP) is 1.11. The fourth-order valence-corrected chi connectivity index (χ4v) is 1.46. The molecule has 0 N–H and O–H groups in total. The summed E-state index contributed by atoms with van der Waals surface area (Å²) in [5, 5.41) is 0. The monoisotopic (exact) mass is 194 g/mol. The van der Waals surface area contributed by atoms with Gasteiger partial charge in [-0.1, -0.05) is 6.07 Å². The predicted molar refractivity (Wildman–Crippen MR) is 58.6 cm³/mol. The SMILES string of the molecule is Cc1cccc(=O)n1CCCN(C)C. The van der Waals surface area contributed by atoms with Crippen molar-refractivity contribution in [2.45, 2.75) is 19.9 Å². The van der Waals surface area contributed by atoms with Crippen molar-refractivity contribution in [3.8, 4) is 0 Å². The molecule has 0 bridgehead atoms. The van der Waals surface area contributed by atoms with E-state index in [4.69, 9.17) is 0 Å². The van der Waals surface area contributed by atoms with Gasteiger partial charge in [0.15, 0.2) is 0 Å². The van der Waals surface area contributed by atoms with Gasteiger partial charge in [0, 0.05) is 18.3 Å². The summed E-state index contributed by atoms with van der Waals surface area (Å²) in [5.41, 5.74) is 1.14. The fourth-order valence-electron chi connectivity index (χ4n) is 1.46. The lowest BCUT2D eigenvalue weighted by atomic mass is 10.3. The minimum atomic E-state index is 0.101. The summed E-state index contributed by atoms with van der Waals surface area (Å²) in [6.45, 7) is 3.79. The van der Waals surface area contributed by atoms with E-state index < -0.39 is 0 Å². The molecule has 0 fully saturated rings. The van der Waals surface area contributed by atoms with Gasteiger partial charge in [-0.15, -0.1) is 0 Å². The van der Waals surface area contributed by atoms with E-state index in [0.29, 0.717) is 0 Å². The fraction of sp³-hybridized carbons (Fsp3) is 0.545. The van der Waals surface area contributed by atoms with Gasteiger partial charge in [0.1, 0.15) is 0 Å². The number of hydrogen-bond donors (Lipinski definition) is 0. The highest BCUT2D eigenvalue weighted by Crippen LogP contribution is 1.95. The second-order valence-electron chi connectivity index (χ2n) is 3.81.